The Bertz CT molecular complexity index is 642. The summed E-state index contributed by atoms with van der Waals surface area (Å²) in [6.45, 7) is 0.755. The smallest absolute Gasteiger partial charge is 0.317 e. The Labute approximate surface area is 119 Å². The summed E-state index contributed by atoms with van der Waals surface area (Å²) in [6.07, 6.45) is 7.16. The number of aromatic nitrogens is 1. The van der Waals surface area contributed by atoms with Crippen molar-refractivity contribution < 1.29 is 9.90 Å². The zero-order valence-electron chi connectivity index (χ0n) is 10.2. The minimum Gasteiger partial charge on any atom is -0.480 e. The van der Waals surface area contributed by atoms with Crippen molar-refractivity contribution in [2.45, 2.75) is 6.54 Å². The van der Waals surface area contributed by atoms with Gasteiger partial charge in [0, 0.05) is 28.1 Å². The number of hydrogen-bond donors (Lipinski definition) is 2. The third-order valence-corrected chi connectivity index (χ3v) is 3.29. The van der Waals surface area contributed by atoms with E-state index in [0.29, 0.717) is 13.1 Å². The van der Waals surface area contributed by atoms with Gasteiger partial charge in [0.25, 0.3) is 0 Å². The number of rotatable bonds is 5. The van der Waals surface area contributed by atoms with Gasteiger partial charge in [-0.15, -0.1) is 6.42 Å². The van der Waals surface area contributed by atoms with Crippen molar-refractivity contribution in [3.8, 4) is 12.3 Å². The number of carboxylic acid groups (broad SMARTS) is 1. The van der Waals surface area contributed by atoms with Gasteiger partial charge >= 0.3 is 5.97 Å². The number of H-pyrrole nitrogens is 1. The van der Waals surface area contributed by atoms with Crippen molar-refractivity contribution in [2.75, 3.05) is 13.1 Å². The summed E-state index contributed by atoms with van der Waals surface area (Å²) >= 11 is 3.43. The summed E-state index contributed by atoms with van der Waals surface area (Å²) in [5.74, 6) is 1.61. The number of fused-ring (bicyclic) bond motifs is 1. The Morgan fingerprint density at radius 1 is 1.53 bits per heavy atom. The molecule has 0 aliphatic heterocycles. The molecule has 0 saturated carbocycles. The minimum absolute atomic E-state index is 0.0646. The van der Waals surface area contributed by atoms with Crippen LogP contribution in [0.3, 0.4) is 0 Å². The molecule has 0 bridgehead atoms. The van der Waals surface area contributed by atoms with Crippen molar-refractivity contribution in [3.05, 3.63) is 34.4 Å². The molecule has 1 aromatic carbocycles. The molecular weight excluding hydrogens is 308 g/mol. The molecule has 0 spiro atoms. The normalized spacial score (nSPS) is 10.8. The predicted octanol–water partition coefficient (Wildman–Crippen LogP) is 2.45. The molecule has 0 aliphatic carbocycles. The van der Waals surface area contributed by atoms with Crippen molar-refractivity contribution >= 4 is 32.8 Å². The number of terminal acetylenes is 1. The van der Waals surface area contributed by atoms with Crippen LogP contribution in [0, 0.1) is 12.3 Å². The molecule has 19 heavy (non-hydrogen) atoms. The highest BCUT2D eigenvalue weighted by Gasteiger charge is 2.12. The van der Waals surface area contributed by atoms with E-state index in [0.717, 1.165) is 20.9 Å². The number of benzene rings is 1. The maximum Gasteiger partial charge on any atom is 0.317 e. The second-order valence-electron chi connectivity index (χ2n) is 4.25. The number of carbonyl (C=O) groups is 1. The van der Waals surface area contributed by atoms with E-state index in [1.165, 1.54) is 0 Å². The zero-order valence-corrected chi connectivity index (χ0v) is 11.8. The van der Waals surface area contributed by atoms with Crippen molar-refractivity contribution in [1.29, 1.82) is 0 Å². The first-order valence-electron chi connectivity index (χ1n) is 5.73. The van der Waals surface area contributed by atoms with E-state index in [2.05, 4.69) is 26.8 Å². The van der Waals surface area contributed by atoms with E-state index >= 15 is 0 Å². The van der Waals surface area contributed by atoms with Crippen molar-refractivity contribution in [2.24, 2.45) is 0 Å². The van der Waals surface area contributed by atoms with Gasteiger partial charge in [-0.3, -0.25) is 9.69 Å². The van der Waals surface area contributed by atoms with Crippen LogP contribution in [0.2, 0.25) is 0 Å². The quantitative estimate of drug-likeness (QED) is 0.832. The number of nitrogens with one attached hydrogen (secondary N) is 1. The zero-order chi connectivity index (χ0) is 13.8. The van der Waals surface area contributed by atoms with Gasteiger partial charge in [0.2, 0.25) is 0 Å². The summed E-state index contributed by atoms with van der Waals surface area (Å²) in [7, 11) is 0. The highest BCUT2D eigenvalue weighted by molar-refractivity contribution is 9.10. The Morgan fingerprint density at radius 3 is 3.00 bits per heavy atom. The van der Waals surface area contributed by atoms with E-state index < -0.39 is 5.97 Å². The summed E-state index contributed by atoms with van der Waals surface area (Å²) in [5, 5.41) is 9.94. The average molecular weight is 321 g/mol. The molecule has 98 valence electrons. The van der Waals surface area contributed by atoms with E-state index in [1.807, 2.05) is 24.4 Å². The molecule has 2 rings (SSSR count). The number of aromatic amines is 1. The van der Waals surface area contributed by atoms with Crippen LogP contribution in [-0.4, -0.2) is 34.0 Å². The first-order chi connectivity index (χ1) is 9.10. The standard InChI is InChI=1S/C14H13BrN2O2/c1-2-5-17(9-14(18)19)8-10-7-16-13-4-3-11(15)6-12(10)13/h1,3-4,6-7,16H,5,8-9H2,(H,18,19). The molecule has 1 heterocycles. The molecule has 0 atom stereocenters. The monoisotopic (exact) mass is 320 g/mol. The maximum absolute atomic E-state index is 10.8. The van der Waals surface area contributed by atoms with Crippen LogP contribution >= 0.6 is 15.9 Å². The van der Waals surface area contributed by atoms with E-state index in [4.69, 9.17) is 11.5 Å². The fourth-order valence-corrected chi connectivity index (χ4v) is 2.37. The third-order valence-electron chi connectivity index (χ3n) is 2.80. The topological polar surface area (TPSA) is 56.3 Å². The van der Waals surface area contributed by atoms with Gasteiger partial charge in [-0.05, 0) is 23.8 Å². The summed E-state index contributed by atoms with van der Waals surface area (Å²) in [4.78, 5) is 15.7. The number of nitrogens with zero attached hydrogens (tertiary/aromatic N) is 1. The van der Waals surface area contributed by atoms with Crippen LogP contribution in [0.1, 0.15) is 5.56 Å². The molecule has 0 amide bonds. The Hall–Kier alpha value is -1.77. The molecular formula is C14H13BrN2O2. The average Bonchev–Trinajstić information content (AvgIpc) is 2.71. The highest BCUT2D eigenvalue weighted by atomic mass is 79.9. The number of aliphatic carboxylic acids is 1. The highest BCUT2D eigenvalue weighted by Crippen LogP contribution is 2.23. The van der Waals surface area contributed by atoms with Gasteiger partial charge in [0.15, 0.2) is 0 Å². The first-order valence-corrected chi connectivity index (χ1v) is 6.52. The van der Waals surface area contributed by atoms with Crippen LogP contribution < -0.4 is 0 Å². The molecule has 0 aliphatic rings. The van der Waals surface area contributed by atoms with Gasteiger partial charge in [-0.2, -0.15) is 0 Å². The molecule has 2 aromatic rings. The van der Waals surface area contributed by atoms with Crippen LogP contribution in [-0.2, 0) is 11.3 Å². The lowest BCUT2D eigenvalue weighted by molar-refractivity contribution is -0.138. The van der Waals surface area contributed by atoms with Gasteiger partial charge in [0.05, 0.1) is 13.1 Å². The van der Waals surface area contributed by atoms with Gasteiger partial charge in [0.1, 0.15) is 0 Å². The predicted molar refractivity (Wildman–Crippen MR) is 77.7 cm³/mol. The second-order valence-corrected chi connectivity index (χ2v) is 5.16. The molecule has 5 heteroatoms. The van der Waals surface area contributed by atoms with E-state index in [1.54, 1.807) is 4.90 Å². The number of halogens is 1. The van der Waals surface area contributed by atoms with Gasteiger partial charge in [-0.25, -0.2) is 0 Å². The van der Waals surface area contributed by atoms with Gasteiger partial charge in [-0.1, -0.05) is 21.9 Å². The lowest BCUT2D eigenvalue weighted by Crippen LogP contribution is -2.29. The molecule has 0 unspecified atom stereocenters. The first kappa shape index (κ1) is 13.7. The summed E-state index contributed by atoms with van der Waals surface area (Å²) in [6, 6.07) is 5.95. The van der Waals surface area contributed by atoms with Crippen LogP contribution in [0.15, 0.2) is 28.9 Å². The lowest BCUT2D eigenvalue weighted by atomic mass is 10.1. The third kappa shape index (κ3) is 3.37. The second kappa shape index (κ2) is 5.91. The number of carboxylic acids is 1. The fourth-order valence-electron chi connectivity index (χ4n) is 2.01. The molecule has 0 radical (unpaired) electrons. The lowest BCUT2D eigenvalue weighted by Gasteiger charge is -2.16. The molecule has 0 fully saturated rings. The molecule has 1 aromatic heterocycles. The SMILES string of the molecule is C#CCN(CC(=O)O)Cc1c[nH]c2ccc(Br)cc12. The van der Waals surface area contributed by atoms with E-state index in [-0.39, 0.29) is 6.54 Å². The van der Waals surface area contributed by atoms with Crippen LogP contribution in [0.5, 0.6) is 0 Å². The van der Waals surface area contributed by atoms with Crippen LogP contribution in [0.4, 0.5) is 0 Å². The van der Waals surface area contributed by atoms with Crippen LogP contribution in [0.25, 0.3) is 10.9 Å². The fraction of sp³-hybridized carbons (Fsp3) is 0.214. The van der Waals surface area contributed by atoms with E-state index in [9.17, 15) is 4.79 Å². The molecule has 4 nitrogen and oxygen atoms in total. The molecule has 0 saturated heterocycles. The van der Waals surface area contributed by atoms with Crippen molar-refractivity contribution in [1.82, 2.24) is 9.88 Å². The summed E-state index contributed by atoms with van der Waals surface area (Å²) < 4.78 is 0.989. The Kier molecular flexibility index (Phi) is 4.25. The largest absolute Gasteiger partial charge is 0.480 e. The summed E-state index contributed by atoms with van der Waals surface area (Å²) in [5.41, 5.74) is 2.06. The minimum atomic E-state index is -0.878. The van der Waals surface area contributed by atoms with Crippen molar-refractivity contribution in [3.63, 3.8) is 0 Å². The Balaban J connectivity index is 2.26. The Morgan fingerprint density at radius 2 is 2.32 bits per heavy atom. The molecule has 2 N–H and O–H groups in total. The number of hydrogen-bond acceptors (Lipinski definition) is 2. The maximum atomic E-state index is 10.8. The van der Waals surface area contributed by atoms with Gasteiger partial charge < -0.3 is 10.1 Å².